The number of hydrogen-bond acceptors (Lipinski definition) is 2. The van der Waals surface area contributed by atoms with Crippen molar-refractivity contribution in [2.45, 2.75) is 13.3 Å². The summed E-state index contributed by atoms with van der Waals surface area (Å²) in [6.45, 7) is 1.97. The maximum atomic E-state index is 11.8. The van der Waals surface area contributed by atoms with Crippen LogP contribution in [0.4, 0.5) is 5.69 Å². The van der Waals surface area contributed by atoms with Crippen LogP contribution < -0.4 is 5.32 Å². The summed E-state index contributed by atoms with van der Waals surface area (Å²) in [6.07, 6.45) is 0.763. The average Bonchev–Trinajstić information content (AvgIpc) is 2.81. The van der Waals surface area contributed by atoms with E-state index in [1.165, 1.54) is 0 Å². The lowest BCUT2D eigenvalue weighted by molar-refractivity contribution is 0.0995. The second-order valence-electron chi connectivity index (χ2n) is 3.55. The van der Waals surface area contributed by atoms with Crippen molar-refractivity contribution in [1.29, 1.82) is 0 Å². The van der Waals surface area contributed by atoms with E-state index in [9.17, 15) is 4.79 Å². The molecular formula is C13H12ClNO2. The SMILES string of the molecule is CCc1ccc(C(=O)Nc2ccccc2Cl)o1. The van der Waals surface area contributed by atoms with Crippen molar-refractivity contribution in [2.24, 2.45) is 0 Å². The van der Waals surface area contributed by atoms with Gasteiger partial charge in [-0.05, 0) is 24.3 Å². The fourth-order valence-corrected chi connectivity index (χ4v) is 1.62. The summed E-state index contributed by atoms with van der Waals surface area (Å²) in [6, 6.07) is 10.5. The molecular weight excluding hydrogens is 238 g/mol. The van der Waals surface area contributed by atoms with Crippen molar-refractivity contribution >= 4 is 23.2 Å². The molecule has 0 aliphatic heterocycles. The van der Waals surface area contributed by atoms with E-state index in [-0.39, 0.29) is 5.91 Å². The van der Waals surface area contributed by atoms with Gasteiger partial charge in [0.2, 0.25) is 0 Å². The first-order chi connectivity index (χ1) is 8.20. The van der Waals surface area contributed by atoms with Crippen molar-refractivity contribution in [3.05, 3.63) is 52.9 Å². The monoisotopic (exact) mass is 249 g/mol. The normalized spacial score (nSPS) is 10.2. The zero-order valence-electron chi connectivity index (χ0n) is 9.37. The summed E-state index contributed by atoms with van der Waals surface area (Å²) in [5, 5.41) is 3.20. The van der Waals surface area contributed by atoms with Gasteiger partial charge in [0.25, 0.3) is 5.91 Å². The molecule has 0 bridgehead atoms. The molecule has 1 aromatic heterocycles. The van der Waals surface area contributed by atoms with Crippen LogP contribution in [0.5, 0.6) is 0 Å². The summed E-state index contributed by atoms with van der Waals surface area (Å²) in [7, 11) is 0. The Morgan fingerprint density at radius 2 is 2.06 bits per heavy atom. The Balaban J connectivity index is 2.14. The Morgan fingerprint density at radius 3 is 2.71 bits per heavy atom. The maximum absolute atomic E-state index is 11.8. The highest BCUT2D eigenvalue weighted by atomic mass is 35.5. The molecule has 0 spiro atoms. The van der Waals surface area contributed by atoms with E-state index >= 15 is 0 Å². The van der Waals surface area contributed by atoms with Gasteiger partial charge in [-0.3, -0.25) is 4.79 Å². The molecule has 1 amide bonds. The van der Waals surface area contributed by atoms with Gasteiger partial charge in [-0.2, -0.15) is 0 Å². The van der Waals surface area contributed by atoms with Gasteiger partial charge in [0.1, 0.15) is 5.76 Å². The molecule has 0 saturated heterocycles. The van der Waals surface area contributed by atoms with E-state index < -0.39 is 0 Å². The Labute approximate surface area is 104 Å². The van der Waals surface area contributed by atoms with Crippen LogP contribution in [0.1, 0.15) is 23.2 Å². The molecule has 4 heteroatoms. The van der Waals surface area contributed by atoms with E-state index in [0.717, 1.165) is 12.2 Å². The van der Waals surface area contributed by atoms with E-state index in [0.29, 0.717) is 16.5 Å². The molecule has 1 aromatic carbocycles. The number of furan rings is 1. The molecule has 1 N–H and O–H groups in total. The fraction of sp³-hybridized carbons (Fsp3) is 0.154. The third-order valence-corrected chi connectivity index (χ3v) is 2.69. The Kier molecular flexibility index (Phi) is 3.49. The second-order valence-corrected chi connectivity index (χ2v) is 3.96. The summed E-state index contributed by atoms with van der Waals surface area (Å²) >= 11 is 5.94. The minimum absolute atomic E-state index is 0.293. The van der Waals surface area contributed by atoms with Crippen LogP contribution in [0.15, 0.2) is 40.8 Å². The lowest BCUT2D eigenvalue weighted by Crippen LogP contribution is -2.11. The van der Waals surface area contributed by atoms with Crippen molar-refractivity contribution in [2.75, 3.05) is 5.32 Å². The number of para-hydroxylation sites is 1. The number of carbonyl (C=O) groups is 1. The highest BCUT2D eigenvalue weighted by Crippen LogP contribution is 2.21. The van der Waals surface area contributed by atoms with Crippen LogP contribution in [-0.2, 0) is 6.42 Å². The molecule has 3 nitrogen and oxygen atoms in total. The number of aryl methyl sites for hydroxylation is 1. The molecule has 0 atom stereocenters. The number of rotatable bonds is 3. The Bertz CT molecular complexity index is 534. The molecule has 0 unspecified atom stereocenters. The van der Waals surface area contributed by atoms with Crippen LogP contribution in [-0.4, -0.2) is 5.91 Å². The number of carbonyl (C=O) groups excluding carboxylic acids is 1. The maximum Gasteiger partial charge on any atom is 0.291 e. The van der Waals surface area contributed by atoms with Crippen LogP contribution in [0.25, 0.3) is 0 Å². The summed E-state index contributed by atoms with van der Waals surface area (Å²) in [5.41, 5.74) is 0.577. The van der Waals surface area contributed by atoms with E-state index in [1.807, 2.05) is 6.92 Å². The first kappa shape index (κ1) is 11.7. The molecule has 0 fully saturated rings. The molecule has 0 aliphatic rings. The van der Waals surface area contributed by atoms with Crippen LogP contribution >= 0.6 is 11.6 Å². The Morgan fingerprint density at radius 1 is 1.29 bits per heavy atom. The summed E-state index contributed by atoms with van der Waals surface area (Å²) in [4.78, 5) is 11.8. The molecule has 2 aromatic rings. The van der Waals surface area contributed by atoms with Crippen LogP contribution in [0.3, 0.4) is 0 Å². The van der Waals surface area contributed by atoms with Crippen LogP contribution in [0, 0.1) is 0 Å². The van der Waals surface area contributed by atoms with E-state index in [4.69, 9.17) is 16.0 Å². The molecule has 0 aliphatic carbocycles. The van der Waals surface area contributed by atoms with Gasteiger partial charge in [-0.15, -0.1) is 0 Å². The highest BCUT2D eigenvalue weighted by molar-refractivity contribution is 6.33. The van der Waals surface area contributed by atoms with Gasteiger partial charge in [0.15, 0.2) is 5.76 Å². The van der Waals surface area contributed by atoms with Crippen molar-refractivity contribution in [1.82, 2.24) is 0 Å². The number of halogens is 1. The molecule has 88 valence electrons. The molecule has 17 heavy (non-hydrogen) atoms. The van der Waals surface area contributed by atoms with Crippen molar-refractivity contribution in [3.8, 4) is 0 Å². The number of benzene rings is 1. The molecule has 2 rings (SSSR count). The largest absolute Gasteiger partial charge is 0.456 e. The summed E-state index contributed by atoms with van der Waals surface area (Å²) in [5.74, 6) is 0.786. The number of amides is 1. The topological polar surface area (TPSA) is 42.2 Å². The lowest BCUT2D eigenvalue weighted by Gasteiger charge is -2.04. The second kappa shape index (κ2) is 5.06. The quantitative estimate of drug-likeness (QED) is 0.900. The Hall–Kier alpha value is -1.74. The first-order valence-corrected chi connectivity index (χ1v) is 5.73. The average molecular weight is 250 g/mol. The predicted octanol–water partition coefficient (Wildman–Crippen LogP) is 3.75. The molecule has 0 radical (unpaired) electrons. The number of nitrogens with one attached hydrogen (secondary N) is 1. The van der Waals surface area contributed by atoms with E-state index in [1.54, 1.807) is 36.4 Å². The van der Waals surface area contributed by atoms with Gasteiger partial charge in [0, 0.05) is 6.42 Å². The van der Waals surface area contributed by atoms with Gasteiger partial charge >= 0.3 is 0 Å². The minimum Gasteiger partial charge on any atom is -0.456 e. The number of hydrogen-bond donors (Lipinski definition) is 1. The minimum atomic E-state index is -0.294. The van der Waals surface area contributed by atoms with Crippen molar-refractivity contribution < 1.29 is 9.21 Å². The smallest absolute Gasteiger partial charge is 0.291 e. The fourth-order valence-electron chi connectivity index (χ4n) is 1.44. The first-order valence-electron chi connectivity index (χ1n) is 5.35. The number of anilines is 1. The standard InChI is InChI=1S/C13H12ClNO2/c1-2-9-7-8-12(17-9)13(16)15-11-6-4-3-5-10(11)14/h3-8H,2H2,1H3,(H,15,16). The highest BCUT2D eigenvalue weighted by Gasteiger charge is 2.11. The molecule has 1 heterocycles. The zero-order chi connectivity index (χ0) is 12.3. The van der Waals surface area contributed by atoms with Gasteiger partial charge in [-0.25, -0.2) is 0 Å². The predicted molar refractivity (Wildman–Crippen MR) is 67.5 cm³/mol. The van der Waals surface area contributed by atoms with Gasteiger partial charge in [0.05, 0.1) is 10.7 Å². The van der Waals surface area contributed by atoms with E-state index in [2.05, 4.69) is 5.32 Å². The van der Waals surface area contributed by atoms with Crippen LogP contribution in [0.2, 0.25) is 5.02 Å². The lowest BCUT2D eigenvalue weighted by atomic mass is 10.3. The third-order valence-electron chi connectivity index (χ3n) is 2.36. The molecule has 0 saturated carbocycles. The zero-order valence-corrected chi connectivity index (χ0v) is 10.1. The summed E-state index contributed by atoms with van der Waals surface area (Å²) < 4.78 is 5.35. The van der Waals surface area contributed by atoms with Crippen molar-refractivity contribution in [3.63, 3.8) is 0 Å². The third kappa shape index (κ3) is 2.68. The van der Waals surface area contributed by atoms with Gasteiger partial charge < -0.3 is 9.73 Å². The van der Waals surface area contributed by atoms with Gasteiger partial charge in [-0.1, -0.05) is 30.7 Å².